The minimum Gasteiger partial charge on any atom is -0.318 e. The molecule has 2 N–H and O–H groups in total. The van der Waals surface area contributed by atoms with Gasteiger partial charge in [-0.05, 0) is 42.8 Å². The van der Waals surface area contributed by atoms with Crippen molar-refractivity contribution >= 4 is 46.4 Å². The Morgan fingerprint density at radius 1 is 0.880 bits per heavy atom. The summed E-state index contributed by atoms with van der Waals surface area (Å²) < 4.78 is 38.4. The van der Waals surface area contributed by atoms with Gasteiger partial charge in [0.25, 0.3) is 0 Å². The third-order valence-corrected chi connectivity index (χ3v) is 3.90. The minimum absolute atomic E-state index is 0.209. The molecule has 2 amide bonds. The Balaban J connectivity index is 2.11. The van der Waals surface area contributed by atoms with E-state index >= 15 is 0 Å². The quantitative estimate of drug-likeness (QED) is 0.716. The number of rotatable bonds is 2. The van der Waals surface area contributed by atoms with E-state index in [2.05, 4.69) is 10.6 Å². The molecule has 0 atom stereocenters. The minimum atomic E-state index is -4.68. The van der Waals surface area contributed by atoms with Gasteiger partial charge in [-0.2, -0.15) is 13.2 Å². The zero-order chi connectivity index (χ0) is 18.8. The second-order valence-electron chi connectivity index (χ2n) is 5.06. The Hall–Kier alpha value is -2.25. The third-order valence-electron chi connectivity index (χ3n) is 3.17. The van der Waals surface area contributed by atoms with Crippen molar-refractivity contribution in [3.63, 3.8) is 0 Å². The molecule has 0 aliphatic heterocycles. The zero-order valence-electron chi connectivity index (χ0n) is 12.7. The normalized spacial score (nSPS) is 11.1. The van der Waals surface area contributed by atoms with E-state index in [-0.39, 0.29) is 11.4 Å². The average molecular weight is 391 g/mol. The molecule has 0 heterocycles. The molecule has 0 fully saturated rings. The highest BCUT2D eigenvalue weighted by molar-refractivity contribution is 6.43. The summed E-state index contributed by atoms with van der Waals surface area (Å²) in [5, 5.41) is 4.27. The van der Waals surface area contributed by atoms with Gasteiger partial charge in [-0.1, -0.05) is 29.3 Å². The highest BCUT2D eigenvalue weighted by Gasteiger charge is 2.33. The predicted octanol–water partition coefficient (Wildman–Crippen LogP) is 4.90. The number of hydrogen-bond acceptors (Lipinski definition) is 2. The number of anilines is 2. The van der Waals surface area contributed by atoms with E-state index in [1.165, 1.54) is 12.1 Å². The van der Waals surface area contributed by atoms with Crippen molar-refractivity contribution in [2.24, 2.45) is 0 Å². The fourth-order valence-electron chi connectivity index (χ4n) is 1.87. The summed E-state index contributed by atoms with van der Waals surface area (Å²) in [6, 6.07) is 7.42. The van der Waals surface area contributed by atoms with E-state index in [0.29, 0.717) is 11.1 Å². The lowest BCUT2D eigenvalue weighted by molar-refractivity contribution is -0.137. The number of benzene rings is 2. The van der Waals surface area contributed by atoms with Crippen molar-refractivity contribution in [1.82, 2.24) is 0 Å². The van der Waals surface area contributed by atoms with Crippen LogP contribution in [-0.4, -0.2) is 11.8 Å². The number of amides is 2. The van der Waals surface area contributed by atoms with Gasteiger partial charge < -0.3 is 10.6 Å². The smallest absolute Gasteiger partial charge is 0.318 e. The van der Waals surface area contributed by atoms with E-state index in [9.17, 15) is 22.8 Å². The molecule has 0 radical (unpaired) electrons. The second kappa shape index (κ2) is 7.33. The highest BCUT2D eigenvalue weighted by atomic mass is 35.5. The number of aryl methyl sites for hydroxylation is 1. The molecule has 0 saturated heterocycles. The van der Waals surface area contributed by atoms with Crippen LogP contribution < -0.4 is 10.6 Å². The van der Waals surface area contributed by atoms with Crippen LogP contribution in [0.5, 0.6) is 0 Å². The number of nitrogens with one attached hydrogen (secondary N) is 2. The number of hydrogen-bond donors (Lipinski definition) is 2. The summed E-state index contributed by atoms with van der Waals surface area (Å²) in [6.45, 7) is 1.76. The molecule has 2 aromatic rings. The van der Waals surface area contributed by atoms with Crippen molar-refractivity contribution in [3.05, 3.63) is 57.6 Å². The van der Waals surface area contributed by atoms with E-state index < -0.39 is 28.6 Å². The first-order chi connectivity index (χ1) is 11.6. The van der Waals surface area contributed by atoms with Gasteiger partial charge in [0.1, 0.15) is 0 Å². The molecule has 0 unspecified atom stereocenters. The maximum Gasteiger partial charge on any atom is 0.417 e. The predicted molar refractivity (Wildman–Crippen MR) is 89.9 cm³/mol. The molecule has 2 aromatic carbocycles. The summed E-state index contributed by atoms with van der Waals surface area (Å²) >= 11 is 11.4. The fourth-order valence-corrected chi connectivity index (χ4v) is 2.27. The van der Waals surface area contributed by atoms with Crippen LogP contribution in [0.4, 0.5) is 24.5 Å². The number of alkyl halides is 3. The molecule has 0 bridgehead atoms. The van der Waals surface area contributed by atoms with Gasteiger partial charge in [-0.15, -0.1) is 0 Å². The van der Waals surface area contributed by atoms with Crippen molar-refractivity contribution in [1.29, 1.82) is 0 Å². The van der Waals surface area contributed by atoms with Crippen LogP contribution in [-0.2, 0) is 15.8 Å². The highest BCUT2D eigenvalue weighted by Crippen LogP contribution is 2.36. The Bertz CT molecular complexity index is 839. The molecular formula is C16H11Cl2F3N2O2. The molecular weight excluding hydrogens is 380 g/mol. The standard InChI is InChI=1S/C16H11Cl2F3N2O2/c1-8-2-3-10(7-13(8)18)23-15(25)14(24)22-9-4-5-12(17)11(6-9)16(19,20)21/h2-7H,1H3,(H,22,24)(H,23,25). The summed E-state index contributed by atoms with van der Waals surface area (Å²) in [6.07, 6.45) is -4.68. The number of carbonyl (C=O) groups excluding carboxylic acids is 2. The van der Waals surface area contributed by atoms with Crippen LogP contribution in [0.2, 0.25) is 10.0 Å². The first-order valence-electron chi connectivity index (χ1n) is 6.83. The fraction of sp³-hybridized carbons (Fsp3) is 0.125. The van der Waals surface area contributed by atoms with E-state index in [0.717, 1.165) is 17.7 Å². The van der Waals surface area contributed by atoms with Crippen LogP contribution in [0.1, 0.15) is 11.1 Å². The van der Waals surface area contributed by atoms with Crippen LogP contribution in [0, 0.1) is 6.92 Å². The summed E-state index contributed by atoms with van der Waals surface area (Å²) in [7, 11) is 0. The van der Waals surface area contributed by atoms with Crippen molar-refractivity contribution in [2.45, 2.75) is 13.1 Å². The molecule has 4 nitrogen and oxygen atoms in total. The number of halogens is 5. The Morgan fingerprint density at radius 2 is 1.40 bits per heavy atom. The first-order valence-corrected chi connectivity index (χ1v) is 7.59. The Labute approximate surface area is 150 Å². The lowest BCUT2D eigenvalue weighted by Crippen LogP contribution is -2.29. The van der Waals surface area contributed by atoms with Gasteiger partial charge in [0.2, 0.25) is 0 Å². The van der Waals surface area contributed by atoms with Crippen LogP contribution in [0.15, 0.2) is 36.4 Å². The molecule has 0 saturated carbocycles. The molecule has 2 rings (SSSR count). The van der Waals surface area contributed by atoms with E-state index in [1.807, 2.05) is 0 Å². The van der Waals surface area contributed by atoms with Crippen molar-refractivity contribution < 1.29 is 22.8 Å². The summed E-state index contributed by atoms with van der Waals surface area (Å²) in [5.41, 5.74) is -0.260. The van der Waals surface area contributed by atoms with Crippen LogP contribution in [0.25, 0.3) is 0 Å². The third kappa shape index (κ3) is 4.87. The maximum absolute atomic E-state index is 12.8. The molecule has 9 heteroatoms. The zero-order valence-corrected chi connectivity index (χ0v) is 14.2. The second-order valence-corrected chi connectivity index (χ2v) is 5.88. The van der Waals surface area contributed by atoms with E-state index in [4.69, 9.17) is 23.2 Å². The van der Waals surface area contributed by atoms with Crippen molar-refractivity contribution in [2.75, 3.05) is 10.6 Å². The van der Waals surface area contributed by atoms with Crippen LogP contribution in [0.3, 0.4) is 0 Å². The van der Waals surface area contributed by atoms with Gasteiger partial charge in [-0.25, -0.2) is 0 Å². The Morgan fingerprint density at radius 3 is 1.92 bits per heavy atom. The van der Waals surface area contributed by atoms with E-state index in [1.54, 1.807) is 13.0 Å². The Kier molecular flexibility index (Phi) is 5.59. The molecule has 0 aliphatic rings. The molecule has 0 aliphatic carbocycles. The largest absolute Gasteiger partial charge is 0.417 e. The molecule has 25 heavy (non-hydrogen) atoms. The average Bonchev–Trinajstić information content (AvgIpc) is 2.51. The van der Waals surface area contributed by atoms with Crippen LogP contribution >= 0.6 is 23.2 Å². The first kappa shape index (κ1) is 19.1. The molecule has 132 valence electrons. The summed E-state index contributed by atoms with van der Waals surface area (Å²) in [5.74, 6) is -2.18. The van der Waals surface area contributed by atoms with Gasteiger partial charge in [0.15, 0.2) is 0 Å². The SMILES string of the molecule is Cc1ccc(NC(=O)C(=O)Nc2ccc(Cl)c(C(F)(F)F)c2)cc1Cl. The monoisotopic (exact) mass is 390 g/mol. The summed E-state index contributed by atoms with van der Waals surface area (Å²) in [4.78, 5) is 23.7. The molecule has 0 aromatic heterocycles. The lowest BCUT2D eigenvalue weighted by Gasteiger charge is -2.12. The van der Waals surface area contributed by atoms with Gasteiger partial charge >= 0.3 is 18.0 Å². The van der Waals surface area contributed by atoms with Crippen molar-refractivity contribution in [3.8, 4) is 0 Å². The maximum atomic E-state index is 12.8. The topological polar surface area (TPSA) is 58.2 Å². The van der Waals surface area contributed by atoms with Gasteiger partial charge in [0.05, 0.1) is 10.6 Å². The lowest BCUT2D eigenvalue weighted by atomic mass is 10.2. The van der Waals surface area contributed by atoms with Gasteiger partial charge in [0, 0.05) is 16.4 Å². The molecule has 0 spiro atoms. The number of carbonyl (C=O) groups is 2. The van der Waals surface area contributed by atoms with Gasteiger partial charge in [-0.3, -0.25) is 9.59 Å².